The molecule has 0 saturated carbocycles. The minimum Gasteiger partial charge on any atom is -0.640 e. The van der Waals surface area contributed by atoms with Gasteiger partial charge < -0.3 is 5.21 Å². The van der Waals surface area contributed by atoms with Gasteiger partial charge in [0.2, 0.25) is 0 Å². The first kappa shape index (κ1) is 10.6. The van der Waals surface area contributed by atoms with Gasteiger partial charge in [-0.15, -0.1) is 0 Å². The van der Waals surface area contributed by atoms with E-state index in [0.29, 0.717) is 0 Å². The molecule has 0 unspecified atom stereocenters. The molecule has 0 atom stereocenters. The van der Waals surface area contributed by atoms with Crippen LogP contribution >= 0.6 is 0 Å². The van der Waals surface area contributed by atoms with Crippen LogP contribution in [0.3, 0.4) is 0 Å². The van der Waals surface area contributed by atoms with Crippen LogP contribution in [0.4, 0.5) is 0 Å². The van der Waals surface area contributed by atoms with Crippen molar-refractivity contribution in [3.05, 3.63) is 34.3 Å². The Morgan fingerprint density at radius 2 is 1.91 bits per heavy atom. The Labute approximate surface area is 81.1 Å². The number of aryl methyl sites for hydroxylation is 2. The van der Waals surface area contributed by atoms with E-state index in [2.05, 4.69) is 6.20 Å². The van der Waals surface area contributed by atoms with Gasteiger partial charge in [-0.3, -0.25) is 4.73 Å². The van der Waals surface area contributed by atoms with E-state index in [0.717, 1.165) is 21.6 Å². The van der Waals surface area contributed by atoms with Crippen molar-refractivity contribution >= 4 is 0 Å². The van der Waals surface area contributed by atoms with Crippen LogP contribution in [-0.4, -0.2) is 0 Å². The maximum atomic E-state index is 10.9. The normalized spacial score (nSPS) is 9.00. The molecule has 1 aromatic heterocycles. The van der Waals surface area contributed by atoms with Crippen LogP contribution in [-0.2, 0) is 21.1 Å². The van der Waals surface area contributed by atoms with Crippen molar-refractivity contribution in [3.63, 3.8) is 0 Å². The molecule has 60 valence electrons. The molecule has 0 amide bonds. The fourth-order valence-electron chi connectivity index (χ4n) is 0.866. The van der Waals surface area contributed by atoms with Gasteiger partial charge in [0.15, 0.2) is 0 Å². The Hall–Kier alpha value is -0.362. The predicted octanol–water partition coefficient (Wildman–Crippen LogP) is 1.04. The number of hydrogen-bond donors (Lipinski definition) is 0. The van der Waals surface area contributed by atoms with Gasteiger partial charge in [0.25, 0.3) is 0 Å². The average Bonchev–Trinajstić information content (AvgIpc) is 1.82. The summed E-state index contributed by atoms with van der Waals surface area (Å²) in [6.45, 7) is 5.57. The van der Waals surface area contributed by atoms with Gasteiger partial charge in [0.1, 0.15) is 6.20 Å². The molecule has 0 saturated heterocycles. The van der Waals surface area contributed by atoms with Gasteiger partial charge in [-0.25, -0.2) is 0 Å². The zero-order valence-electron chi connectivity index (χ0n) is 6.84. The van der Waals surface area contributed by atoms with Crippen molar-refractivity contribution in [3.8, 4) is 0 Å². The van der Waals surface area contributed by atoms with Crippen molar-refractivity contribution < 1.29 is 25.8 Å². The SMILES string of the molecule is Cc1[c-][n+]([O-])c(C)c(C)c1.[W]. The Morgan fingerprint density at radius 1 is 1.36 bits per heavy atom. The topological polar surface area (TPSA) is 26.9 Å². The van der Waals surface area contributed by atoms with E-state index in [1.165, 1.54) is 0 Å². The number of aromatic nitrogens is 1. The third-order valence-corrected chi connectivity index (χ3v) is 1.59. The molecule has 0 fully saturated rings. The molecule has 0 aliphatic heterocycles. The zero-order valence-corrected chi connectivity index (χ0v) is 9.77. The minimum atomic E-state index is 0. The third-order valence-electron chi connectivity index (χ3n) is 1.59. The van der Waals surface area contributed by atoms with Crippen LogP contribution in [0.2, 0.25) is 0 Å². The van der Waals surface area contributed by atoms with Crippen molar-refractivity contribution in [1.29, 1.82) is 0 Å². The molecule has 2 nitrogen and oxygen atoms in total. The molecule has 0 N–H and O–H groups in total. The molecule has 0 radical (unpaired) electrons. The van der Waals surface area contributed by atoms with Gasteiger partial charge in [0, 0.05) is 21.1 Å². The fourth-order valence-corrected chi connectivity index (χ4v) is 0.866. The average molecular weight is 320 g/mol. The van der Waals surface area contributed by atoms with Gasteiger partial charge in [-0.1, -0.05) is 25.0 Å². The first-order valence-corrected chi connectivity index (χ1v) is 3.21. The Bertz CT molecular complexity index is 237. The van der Waals surface area contributed by atoms with E-state index < -0.39 is 0 Å². The summed E-state index contributed by atoms with van der Waals surface area (Å²) in [5.41, 5.74) is 2.63. The van der Waals surface area contributed by atoms with E-state index in [-0.39, 0.29) is 21.1 Å². The molecule has 1 aromatic rings. The molecule has 0 aromatic carbocycles. The molecular weight excluding hydrogens is 310 g/mol. The second-order valence-corrected chi connectivity index (χ2v) is 2.50. The summed E-state index contributed by atoms with van der Waals surface area (Å²) in [6.07, 6.45) is 2.64. The molecule has 0 aliphatic carbocycles. The number of hydrogen-bond acceptors (Lipinski definition) is 1. The van der Waals surface area contributed by atoms with E-state index in [1.54, 1.807) is 6.92 Å². The van der Waals surface area contributed by atoms with Gasteiger partial charge >= 0.3 is 0 Å². The smallest absolute Gasteiger partial charge is 0.128 e. The van der Waals surface area contributed by atoms with Crippen LogP contribution in [0.5, 0.6) is 0 Å². The van der Waals surface area contributed by atoms with Crippen molar-refractivity contribution in [2.45, 2.75) is 20.8 Å². The molecule has 0 aliphatic rings. The molecule has 11 heavy (non-hydrogen) atoms. The van der Waals surface area contributed by atoms with Crippen molar-refractivity contribution in [2.24, 2.45) is 0 Å². The summed E-state index contributed by atoms with van der Waals surface area (Å²) in [7, 11) is 0. The summed E-state index contributed by atoms with van der Waals surface area (Å²) < 4.78 is 0.782. The fraction of sp³-hybridized carbons (Fsp3) is 0.375. The van der Waals surface area contributed by atoms with Gasteiger partial charge in [0.05, 0.1) is 5.69 Å². The molecule has 0 bridgehead atoms. The van der Waals surface area contributed by atoms with Crippen LogP contribution < -0.4 is 4.73 Å². The van der Waals surface area contributed by atoms with Crippen molar-refractivity contribution in [1.82, 2.24) is 0 Å². The largest absolute Gasteiger partial charge is 0.640 e. The molecule has 3 heteroatoms. The molecular formula is C8H10NOW-. The number of rotatable bonds is 0. The number of pyridine rings is 1. The maximum absolute atomic E-state index is 10.9. The second-order valence-electron chi connectivity index (χ2n) is 2.50. The summed E-state index contributed by atoms with van der Waals surface area (Å²) in [5, 5.41) is 10.9. The van der Waals surface area contributed by atoms with Gasteiger partial charge in [-0.05, 0) is 6.92 Å². The zero-order chi connectivity index (χ0) is 7.72. The van der Waals surface area contributed by atoms with Crippen LogP contribution in [0.1, 0.15) is 16.8 Å². The second kappa shape index (κ2) is 3.87. The summed E-state index contributed by atoms with van der Waals surface area (Å²) in [4.78, 5) is 0. The number of nitrogens with zero attached hydrogens (tertiary/aromatic N) is 1. The van der Waals surface area contributed by atoms with Gasteiger partial charge in [-0.2, -0.15) is 6.07 Å². The molecule has 1 rings (SSSR count). The van der Waals surface area contributed by atoms with Crippen molar-refractivity contribution in [2.75, 3.05) is 0 Å². The van der Waals surface area contributed by atoms with E-state index in [9.17, 15) is 5.21 Å². The maximum Gasteiger partial charge on any atom is 0.128 e. The minimum absolute atomic E-state index is 0. The summed E-state index contributed by atoms with van der Waals surface area (Å²) >= 11 is 0. The van der Waals surface area contributed by atoms with Crippen LogP contribution in [0.25, 0.3) is 0 Å². The predicted molar refractivity (Wildman–Crippen MR) is 38.4 cm³/mol. The molecule has 0 spiro atoms. The standard InChI is InChI=1S/C8H10NO.W/c1-6-4-7(2)8(3)9(10)5-6;/h4H,1-3H3;/q-1;. The quantitative estimate of drug-likeness (QED) is 0.399. The Balaban J connectivity index is 0.000001000. The first-order valence-electron chi connectivity index (χ1n) is 3.21. The van der Waals surface area contributed by atoms with E-state index in [1.807, 2.05) is 19.9 Å². The Morgan fingerprint density at radius 3 is 2.36 bits per heavy atom. The summed E-state index contributed by atoms with van der Waals surface area (Å²) in [6, 6.07) is 1.95. The molecule has 1 heterocycles. The van der Waals surface area contributed by atoms with E-state index in [4.69, 9.17) is 0 Å². The van der Waals surface area contributed by atoms with Crippen LogP contribution in [0, 0.1) is 32.2 Å². The summed E-state index contributed by atoms with van der Waals surface area (Å²) in [5.74, 6) is 0. The monoisotopic (exact) mass is 320 g/mol. The van der Waals surface area contributed by atoms with Crippen LogP contribution in [0.15, 0.2) is 6.07 Å². The third kappa shape index (κ3) is 2.30. The Kier molecular flexibility index (Phi) is 3.74. The van der Waals surface area contributed by atoms with E-state index >= 15 is 0 Å². The first-order chi connectivity index (χ1) is 4.61.